The lowest BCUT2D eigenvalue weighted by atomic mass is 10.8. The van der Waals surface area contributed by atoms with Gasteiger partial charge in [0.15, 0.2) is 0 Å². The number of aromatic amines is 1. The van der Waals surface area contributed by atoms with Crippen LogP contribution in [0.25, 0.3) is 0 Å². The Morgan fingerprint density at radius 3 is 2.33 bits per heavy atom. The summed E-state index contributed by atoms with van der Waals surface area (Å²) in [6.45, 7) is 0. The van der Waals surface area contributed by atoms with E-state index in [0.29, 0.717) is 0 Å². The first-order chi connectivity index (χ1) is 3.91. The fourth-order valence-corrected chi connectivity index (χ4v) is 0.215. The molecule has 0 saturated carbocycles. The molecule has 0 atom stereocenters. The van der Waals surface area contributed by atoms with Gasteiger partial charge in [-0.2, -0.15) is 5.10 Å². The maximum absolute atomic E-state index is 5.86. The lowest BCUT2D eigenvalue weighted by Gasteiger charge is -1.49. The van der Waals surface area contributed by atoms with Gasteiger partial charge in [-0.15, -0.1) is 12.4 Å². The minimum Gasteiger partial charge on any atom is -0.390 e. The van der Waals surface area contributed by atoms with Crippen molar-refractivity contribution in [3.05, 3.63) is 18.5 Å². The molecule has 9 heavy (non-hydrogen) atoms. The van der Waals surface area contributed by atoms with Crippen LogP contribution >= 0.6 is 12.4 Å². The Bertz CT molecular complexity index is 98.9. The molecule has 0 aliphatic rings. The fraction of sp³-hybridized carbons (Fsp3) is 0. The molecule has 52 valence electrons. The number of hydrogen-bond donors (Lipinski definition) is 3. The van der Waals surface area contributed by atoms with Gasteiger partial charge in [-0.3, -0.25) is 10.5 Å². The second-order valence-electron chi connectivity index (χ2n) is 0.933. The lowest BCUT2D eigenvalue weighted by Crippen LogP contribution is -1.81. The van der Waals surface area contributed by atoms with Crippen LogP contribution in [-0.4, -0.2) is 16.5 Å². The van der Waals surface area contributed by atoms with E-state index in [2.05, 4.69) is 15.9 Å². The van der Waals surface area contributed by atoms with Crippen LogP contribution < -0.4 is 5.73 Å². The number of hydrogen-bond acceptors (Lipinski definition) is 2. The number of rotatable bonds is 0. The summed E-state index contributed by atoms with van der Waals surface area (Å²) < 4.78 is 0. The molecule has 0 bridgehead atoms. The van der Waals surface area contributed by atoms with E-state index < -0.39 is 0 Å². The van der Waals surface area contributed by atoms with E-state index in [0.717, 1.165) is 6.34 Å². The van der Waals surface area contributed by atoms with Gasteiger partial charge in [0.25, 0.3) is 0 Å². The molecule has 1 rings (SSSR count). The van der Waals surface area contributed by atoms with Crippen LogP contribution in [0.5, 0.6) is 0 Å². The zero-order valence-electron chi connectivity index (χ0n) is 4.74. The third-order valence-electron chi connectivity index (χ3n) is 0.406. The average molecular weight is 149 g/mol. The summed E-state index contributed by atoms with van der Waals surface area (Å²) in [5.41, 5.74) is 4.39. The highest BCUT2D eigenvalue weighted by Crippen LogP contribution is 1.64. The standard InChI is InChI=1S/C3H4N2.CH4N2.ClH/c1-2-4-5-3-1;2-1-3;/h1-3H,(H,4,5);1H,(H3,2,3);1H. The van der Waals surface area contributed by atoms with Crippen LogP contribution in [0, 0.1) is 5.41 Å². The van der Waals surface area contributed by atoms with Crippen LogP contribution in [0.1, 0.15) is 0 Å². The van der Waals surface area contributed by atoms with Crippen molar-refractivity contribution in [3.63, 3.8) is 0 Å². The molecular formula is C4H9ClN4. The van der Waals surface area contributed by atoms with Crippen LogP contribution in [0.2, 0.25) is 0 Å². The molecule has 0 amide bonds. The van der Waals surface area contributed by atoms with Gasteiger partial charge in [-0.1, -0.05) is 0 Å². The molecule has 1 heterocycles. The minimum atomic E-state index is 0. The molecule has 0 aliphatic heterocycles. The number of aromatic nitrogens is 2. The Kier molecular flexibility index (Phi) is 12.1. The first-order valence-electron chi connectivity index (χ1n) is 2.06. The third-order valence-corrected chi connectivity index (χ3v) is 0.406. The van der Waals surface area contributed by atoms with Crippen molar-refractivity contribution in [2.24, 2.45) is 5.73 Å². The number of nitrogens with one attached hydrogen (secondary N) is 2. The summed E-state index contributed by atoms with van der Waals surface area (Å²) >= 11 is 0. The van der Waals surface area contributed by atoms with E-state index in [1.54, 1.807) is 12.4 Å². The smallest absolute Gasteiger partial charge is 0.0765 e. The van der Waals surface area contributed by atoms with Crippen LogP contribution in [0.3, 0.4) is 0 Å². The first-order valence-corrected chi connectivity index (χ1v) is 2.06. The Balaban J connectivity index is 0. The van der Waals surface area contributed by atoms with Crippen LogP contribution in [0.4, 0.5) is 0 Å². The topological polar surface area (TPSA) is 78.6 Å². The van der Waals surface area contributed by atoms with Crippen molar-refractivity contribution in [2.75, 3.05) is 0 Å². The highest BCUT2D eigenvalue weighted by Gasteiger charge is 1.56. The van der Waals surface area contributed by atoms with E-state index in [9.17, 15) is 0 Å². The molecule has 0 unspecified atom stereocenters. The average Bonchev–Trinajstić information content (AvgIpc) is 2.17. The second kappa shape index (κ2) is 10.1. The zero-order chi connectivity index (χ0) is 6.24. The second-order valence-corrected chi connectivity index (χ2v) is 0.933. The molecule has 4 N–H and O–H groups in total. The van der Waals surface area contributed by atoms with Gasteiger partial charge >= 0.3 is 0 Å². The zero-order valence-corrected chi connectivity index (χ0v) is 5.56. The van der Waals surface area contributed by atoms with Crippen molar-refractivity contribution >= 4 is 18.7 Å². The van der Waals surface area contributed by atoms with Crippen molar-refractivity contribution in [2.45, 2.75) is 0 Å². The first kappa shape index (κ1) is 10.9. The number of nitrogens with two attached hydrogens (primary N) is 1. The summed E-state index contributed by atoms with van der Waals surface area (Å²) in [6.07, 6.45) is 4.21. The van der Waals surface area contributed by atoms with Gasteiger partial charge in [0.2, 0.25) is 0 Å². The van der Waals surface area contributed by atoms with Gasteiger partial charge in [-0.25, -0.2) is 0 Å². The summed E-state index contributed by atoms with van der Waals surface area (Å²) in [5.74, 6) is 0. The molecule has 0 fully saturated rings. The predicted octanol–water partition coefficient (Wildman–Crippen LogP) is 0.384. The van der Waals surface area contributed by atoms with Gasteiger partial charge in [0.1, 0.15) is 0 Å². The van der Waals surface area contributed by atoms with Gasteiger partial charge in [-0.05, 0) is 6.07 Å². The molecule has 1 aromatic rings. The molecular weight excluding hydrogens is 140 g/mol. The van der Waals surface area contributed by atoms with Crippen LogP contribution in [0.15, 0.2) is 18.5 Å². The normalized spacial score (nSPS) is 5.78. The monoisotopic (exact) mass is 148 g/mol. The van der Waals surface area contributed by atoms with E-state index >= 15 is 0 Å². The summed E-state index contributed by atoms with van der Waals surface area (Å²) in [7, 11) is 0. The van der Waals surface area contributed by atoms with Gasteiger partial charge < -0.3 is 5.73 Å². The summed E-state index contributed by atoms with van der Waals surface area (Å²) in [5, 5.41) is 12.1. The molecule has 0 spiro atoms. The SMILES string of the molecule is Cl.N=CN.c1cn[nH]c1. The minimum absolute atomic E-state index is 0. The highest BCUT2D eigenvalue weighted by molar-refractivity contribution is 5.85. The van der Waals surface area contributed by atoms with Gasteiger partial charge in [0.05, 0.1) is 6.34 Å². The highest BCUT2D eigenvalue weighted by atomic mass is 35.5. The largest absolute Gasteiger partial charge is 0.390 e. The summed E-state index contributed by atoms with van der Waals surface area (Å²) in [6, 6.07) is 1.83. The molecule has 0 saturated heterocycles. The Morgan fingerprint density at radius 2 is 2.22 bits per heavy atom. The van der Waals surface area contributed by atoms with E-state index in [-0.39, 0.29) is 12.4 Å². The number of halogens is 1. The van der Waals surface area contributed by atoms with E-state index in [4.69, 9.17) is 5.41 Å². The van der Waals surface area contributed by atoms with Crippen molar-refractivity contribution in [1.29, 1.82) is 5.41 Å². The molecule has 0 aliphatic carbocycles. The Morgan fingerprint density at radius 1 is 1.67 bits per heavy atom. The summed E-state index contributed by atoms with van der Waals surface area (Å²) in [4.78, 5) is 0. The molecule has 5 heteroatoms. The van der Waals surface area contributed by atoms with E-state index in [1.165, 1.54) is 0 Å². The van der Waals surface area contributed by atoms with Crippen LogP contribution in [-0.2, 0) is 0 Å². The maximum Gasteiger partial charge on any atom is 0.0765 e. The lowest BCUT2D eigenvalue weighted by molar-refractivity contribution is 1.09. The molecule has 4 nitrogen and oxygen atoms in total. The number of H-pyrrole nitrogens is 1. The molecule has 1 aromatic heterocycles. The third kappa shape index (κ3) is 10.9. The Hall–Kier alpha value is -1.03. The van der Waals surface area contributed by atoms with Gasteiger partial charge in [0, 0.05) is 12.4 Å². The van der Waals surface area contributed by atoms with Crippen molar-refractivity contribution < 1.29 is 0 Å². The molecule has 0 aromatic carbocycles. The predicted molar refractivity (Wildman–Crippen MR) is 38.8 cm³/mol. The maximum atomic E-state index is 5.86. The fourth-order valence-electron chi connectivity index (χ4n) is 0.215. The van der Waals surface area contributed by atoms with Crippen molar-refractivity contribution in [1.82, 2.24) is 10.2 Å². The van der Waals surface area contributed by atoms with E-state index in [1.807, 2.05) is 6.07 Å². The number of nitrogens with zero attached hydrogens (tertiary/aromatic N) is 1. The molecule has 0 radical (unpaired) electrons. The van der Waals surface area contributed by atoms with Crippen molar-refractivity contribution in [3.8, 4) is 0 Å². The Labute approximate surface area is 59.4 Å². The quantitative estimate of drug-likeness (QED) is 0.368.